The first-order valence-electron chi connectivity index (χ1n) is 4.51. The second-order valence-corrected chi connectivity index (χ2v) is 3.08. The van der Waals surface area contributed by atoms with Crippen LogP contribution in [0.25, 0.3) is 0 Å². The van der Waals surface area contributed by atoms with E-state index in [1.54, 1.807) is 0 Å². The minimum Gasteiger partial charge on any atom is -0.396 e. The molecule has 5 heteroatoms. The molecule has 0 bridgehead atoms. The fourth-order valence-corrected chi connectivity index (χ4v) is 0.869. The number of hydrogen-bond donors (Lipinski definition) is 4. The number of aliphatic hydroxyl groups is 2. The fourth-order valence-electron chi connectivity index (χ4n) is 0.869. The van der Waals surface area contributed by atoms with Gasteiger partial charge in [0.25, 0.3) is 0 Å². The molecule has 5 nitrogen and oxygen atoms in total. The van der Waals surface area contributed by atoms with Gasteiger partial charge in [-0.25, -0.2) is 0 Å². The predicted molar refractivity (Wildman–Crippen MR) is 50.2 cm³/mol. The Balaban J connectivity index is 3.23. The number of hydrogen-bond acceptors (Lipinski definition) is 5. The molecule has 0 aromatic heterocycles. The molecular weight excluding hydrogens is 172 g/mol. The Morgan fingerprint density at radius 1 is 0.923 bits per heavy atom. The Labute approximate surface area is 78.7 Å². The van der Waals surface area contributed by atoms with Crippen molar-refractivity contribution in [3.8, 4) is 0 Å². The highest BCUT2D eigenvalue weighted by Gasteiger charge is 2.04. The lowest BCUT2D eigenvalue weighted by atomic mass is 10.2. The molecule has 13 heavy (non-hydrogen) atoms. The van der Waals surface area contributed by atoms with Crippen LogP contribution in [0.15, 0.2) is 0 Å². The highest BCUT2D eigenvalue weighted by atomic mass is 16.5. The Kier molecular flexibility index (Phi) is 8.27. The first-order chi connectivity index (χ1) is 6.20. The third-order valence-electron chi connectivity index (χ3n) is 1.66. The Morgan fingerprint density at radius 2 is 1.31 bits per heavy atom. The van der Waals surface area contributed by atoms with Gasteiger partial charge in [-0.2, -0.15) is 0 Å². The summed E-state index contributed by atoms with van der Waals surface area (Å²) in [6.45, 7) is 0.958. The number of aliphatic hydroxyl groups excluding tert-OH is 2. The lowest BCUT2D eigenvalue weighted by molar-refractivity contribution is 0.0950. The lowest BCUT2D eigenvalue weighted by Crippen LogP contribution is -2.32. The third-order valence-corrected chi connectivity index (χ3v) is 1.66. The van der Waals surface area contributed by atoms with Crippen molar-refractivity contribution in [2.75, 3.05) is 26.4 Å². The number of ether oxygens (including phenoxy) is 1. The number of rotatable bonds is 8. The summed E-state index contributed by atoms with van der Waals surface area (Å²) in [5.41, 5.74) is 11.1. The van der Waals surface area contributed by atoms with Crippen molar-refractivity contribution in [3.05, 3.63) is 0 Å². The van der Waals surface area contributed by atoms with Gasteiger partial charge in [0.1, 0.15) is 0 Å². The molecule has 0 saturated heterocycles. The normalized spacial score (nSPS) is 15.7. The molecule has 0 saturated carbocycles. The van der Waals surface area contributed by atoms with Gasteiger partial charge in [-0.05, 0) is 12.8 Å². The summed E-state index contributed by atoms with van der Waals surface area (Å²) in [6.07, 6.45) is 1.07. The van der Waals surface area contributed by atoms with Crippen molar-refractivity contribution in [3.63, 3.8) is 0 Å². The lowest BCUT2D eigenvalue weighted by Gasteiger charge is -2.13. The molecule has 2 unspecified atom stereocenters. The van der Waals surface area contributed by atoms with Crippen molar-refractivity contribution in [1.29, 1.82) is 0 Å². The quantitative estimate of drug-likeness (QED) is 0.372. The maximum Gasteiger partial charge on any atom is 0.0619 e. The zero-order valence-corrected chi connectivity index (χ0v) is 7.85. The Hall–Kier alpha value is -0.200. The molecule has 0 aliphatic carbocycles. The van der Waals surface area contributed by atoms with Crippen LogP contribution in [-0.4, -0.2) is 48.7 Å². The molecule has 0 rings (SSSR count). The van der Waals surface area contributed by atoms with Gasteiger partial charge < -0.3 is 26.4 Å². The zero-order valence-electron chi connectivity index (χ0n) is 7.85. The van der Waals surface area contributed by atoms with Gasteiger partial charge in [0.05, 0.1) is 13.2 Å². The predicted octanol–water partition coefficient (Wildman–Crippen LogP) is -1.58. The van der Waals surface area contributed by atoms with Crippen LogP contribution in [-0.2, 0) is 4.74 Å². The summed E-state index contributed by atoms with van der Waals surface area (Å²) in [4.78, 5) is 0. The summed E-state index contributed by atoms with van der Waals surface area (Å²) in [7, 11) is 0. The summed E-state index contributed by atoms with van der Waals surface area (Å²) in [5.74, 6) is 0. The van der Waals surface area contributed by atoms with E-state index in [9.17, 15) is 0 Å². The summed E-state index contributed by atoms with van der Waals surface area (Å²) >= 11 is 0. The molecule has 0 radical (unpaired) electrons. The maximum absolute atomic E-state index is 8.54. The molecule has 0 aromatic rings. The van der Waals surface area contributed by atoms with Gasteiger partial charge in [0.15, 0.2) is 0 Å². The molecule has 0 spiro atoms. The largest absolute Gasteiger partial charge is 0.396 e. The zero-order chi connectivity index (χ0) is 10.1. The van der Waals surface area contributed by atoms with E-state index in [2.05, 4.69) is 0 Å². The van der Waals surface area contributed by atoms with E-state index in [-0.39, 0.29) is 25.3 Å². The van der Waals surface area contributed by atoms with Gasteiger partial charge in [0, 0.05) is 25.3 Å². The monoisotopic (exact) mass is 192 g/mol. The smallest absolute Gasteiger partial charge is 0.0619 e. The van der Waals surface area contributed by atoms with Crippen LogP contribution in [0, 0.1) is 0 Å². The highest BCUT2D eigenvalue weighted by molar-refractivity contribution is 4.62. The van der Waals surface area contributed by atoms with E-state index < -0.39 is 0 Å². The molecule has 0 aliphatic heterocycles. The van der Waals surface area contributed by atoms with Crippen molar-refractivity contribution >= 4 is 0 Å². The number of nitrogens with two attached hydrogens (primary N) is 2. The van der Waals surface area contributed by atoms with Crippen LogP contribution in [0.3, 0.4) is 0 Å². The fraction of sp³-hybridized carbons (Fsp3) is 1.00. The molecule has 0 fully saturated rings. The van der Waals surface area contributed by atoms with E-state index in [1.807, 2.05) is 0 Å². The average molecular weight is 192 g/mol. The summed E-state index contributed by atoms with van der Waals surface area (Å²) < 4.78 is 5.19. The van der Waals surface area contributed by atoms with Crippen molar-refractivity contribution in [2.45, 2.75) is 24.9 Å². The Morgan fingerprint density at radius 3 is 1.62 bits per heavy atom. The highest BCUT2D eigenvalue weighted by Crippen LogP contribution is 1.92. The maximum atomic E-state index is 8.54. The minimum atomic E-state index is -0.133. The first kappa shape index (κ1) is 12.8. The SMILES string of the molecule is NC(CCO)COCC(N)CCO. The standard InChI is InChI=1S/C8H20N2O3/c9-7(1-3-11)5-13-6-8(10)2-4-12/h7-8,11-12H,1-6,9-10H2. The molecule has 6 N–H and O–H groups in total. The van der Waals surface area contributed by atoms with Gasteiger partial charge in [-0.15, -0.1) is 0 Å². The van der Waals surface area contributed by atoms with Crippen molar-refractivity contribution < 1.29 is 14.9 Å². The molecule has 2 atom stereocenters. The minimum absolute atomic E-state index is 0.0766. The van der Waals surface area contributed by atoms with Gasteiger partial charge >= 0.3 is 0 Å². The molecule has 0 heterocycles. The van der Waals surface area contributed by atoms with Crippen LogP contribution in [0.2, 0.25) is 0 Å². The Bertz CT molecular complexity index is 102. The molecule has 0 amide bonds. The van der Waals surface area contributed by atoms with E-state index in [4.69, 9.17) is 26.4 Å². The second-order valence-electron chi connectivity index (χ2n) is 3.08. The van der Waals surface area contributed by atoms with Crippen LogP contribution in [0.1, 0.15) is 12.8 Å². The van der Waals surface area contributed by atoms with E-state index in [0.717, 1.165) is 0 Å². The molecule has 0 aromatic carbocycles. The first-order valence-corrected chi connectivity index (χ1v) is 4.51. The van der Waals surface area contributed by atoms with E-state index >= 15 is 0 Å². The summed E-state index contributed by atoms with van der Waals surface area (Å²) in [6, 6.07) is -0.266. The van der Waals surface area contributed by atoms with Crippen LogP contribution >= 0.6 is 0 Å². The average Bonchev–Trinajstić information content (AvgIpc) is 2.05. The summed E-state index contributed by atoms with van der Waals surface area (Å²) in [5, 5.41) is 17.1. The molecular formula is C8H20N2O3. The van der Waals surface area contributed by atoms with Crippen molar-refractivity contribution in [2.24, 2.45) is 11.5 Å². The van der Waals surface area contributed by atoms with Crippen LogP contribution in [0.4, 0.5) is 0 Å². The second kappa shape index (κ2) is 8.40. The van der Waals surface area contributed by atoms with E-state index in [1.165, 1.54) is 0 Å². The molecule has 80 valence electrons. The molecule has 0 aliphatic rings. The third kappa shape index (κ3) is 8.14. The van der Waals surface area contributed by atoms with Crippen LogP contribution in [0.5, 0.6) is 0 Å². The van der Waals surface area contributed by atoms with Gasteiger partial charge in [-0.3, -0.25) is 0 Å². The van der Waals surface area contributed by atoms with E-state index in [0.29, 0.717) is 26.1 Å². The van der Waals surface area contributed by atoms with Gasteiger partial charge in [0.2, 0.25) is 0 Å². The topological polar surface area (TPSA) is 102 Å². The van der Waals surface area contributed by atoms with Gasteiger partial charge in [-0.1, -0.05) is 0 Å². The van der Waals surface area contributed by atoms with Crippen LogP contribution < -0.4 is 11.5 Å². The van der Waals surface area contributed by atoms with Crippen molar-refractivity contribution in [1.82, 2.24) is 0 Å².